The van der Waals surface area contributed by atoms with Gasteiger partial charge in [0.2, 0.25) is 5.75 Å². The van der Waals surface area contributed by atoms with E-state index in [4.69, 9.17) is 19.2 Å². The van der Waals surface area contributed by atoms with Crippen molar-refractivity contribution < 1.29 is 14.2 Å². The molecule has 0 aliphatic carbocycles. The zero-order valence-electron chi connectivity index (χ0n) is 19.9. The molecular formula is C25H30BrN3O4. The molecular weight excluding hydrogens is 486 g/mol. The van der Waals surface area contributed by atoms with Crippen molar-refractivity contribution in [3.63, 3.8) is 0 Å². The highest BCUT2D eigenvalue weighted by atomic mass is 79.9. The van der Waals surface area contributed by atoms with Crippen molar-refractivity contribution >= 4 is 33.0 Å². The van der Waals surface area contributed by atoms with Gasteiger partial charge >= 0.3 is 0 Å². The van der Waals surface area contributed by atoms with E-state index < -0.39 is 0 Å². The van der Waals surface area contributed by atoms with Gasteiger partial charge in [-0.05, 0) is 50.1 Å². The molecule has 0 N–H and O–H groups in total. The van der Waals surface area contributed by atoms with Crippen molar-refractivity contribution in [2.24, 2.45) is 5.10 Å². The highest BCUT2D eigenvalue weighted by Gasteiger charge is 2.18. The third-order valence-corrected chi connectivity index (χ3v) is 6.08. The van der Waals surface area contributed by atoms with Gasteiger partial charge in [-0.3, -0.25) is 4.79 Å². The van der Waals surface area contributed by atoms with E-state index in [0.717, 1.165) is 17.3 Å². The van der Waals surface area contributed by atoms with E-state index in [-0.39, 0.29) is 17.6 Å². The van der Waals surface area contributed by atoms with E-state index in [9.17, 15) is 4.79 Å². The lowest BCUT2D eigenvalue weighted by Gasteiger charge is -2.18. The molecule has 176 valence electrons. The largest absolute Gasteiger partial charge is 0.493 e. The van der Waals surface area contributed by atoms with E-state index in [2.05, 4.69) is 28.0 Å². The Kier molecular flexibility index (Phi) is 8.13. The Morgan fingerprint density at radius 1 is 1.09 bits per heavy atom. The monoisotopic (exact) mass is 515 g/mol. The van der Waals surface area contributed by atoms with Crippen LogP contribution in [0.1, 0.15) is 57.8 Å². The van der Waals surface area contributed by atoms with Crippen LogP contribution in [0.15, 0.2) is 44.7 Å². The van der Waals surface area contributed by atoms with Gasteiger partial charge in [-0.25, -0.2) is 4.98 Å². The quantitative estimate of drug-likeness (QED) is 0.339. The second-order valence-corrected chi connectivity index (χ2v) is 8.81. The van der Waals surface area contributed by atoms with Gasteiger partial charge in [0, 0.05) is 16.0 Å². The Hall–Kier alpha value is -2.87. The number of hydrogen-bond acceptors (Lipinski definition) is 6. The second kappa shape index (κ2) is 10.8. The molecule has 2 aromatic carbocycles. The van der Waals surface area contributed by atoms with Gasteiger partial charge in [-0.15, -0.1) is 0 Å². The van der Waals surface area contributed by atoms with Crippen LogP contribution in [-0.4, -0.2) is 36.2 Å². The fourth-order valence-electron chi connectivity index (χ4n) is 3.28. The number of rotatable bonds is 9. The van der Waals surface area contributed by atoms with Crippen LogP contribution in [0.3, 0.4) is 0 Å². The number of ether oxygens (including phenoxy) is 3. The molecule has 33 heavy (non-hydrogen) atoms. The molecule has 0 radical (unpaired) electrons. The van der Waals surface area contributed by atoms with E-state index in [1.165, 1.54) is 4.68 Å². The smallest absolute Gasteiger partial charge is 0.282 e. The Bertz CT molecular complexity index is 1200. The van der Waals surface area contributed by atoms with Gasteiger partial charge in [-0.2, -0.15) is 9.78 Å². The summed E-state index contributed by atoms with van der Waals surface area (Å²) in [7, 11) is 3.16. The third kappa shape index (κ3) is 5.38. The molecule has 2 atom stereocenters. The normalized spacial score (nSPS) is 13.3. The lowest BCUT2D eigenvalue weighted by Crippen LogP contribution is -2.23. The molecule has 0 aliphatic rings. The average molecular weight is 516 g/mol. The van der Waals surface area contributed by atoms with Crippen LogP contribution >= 0.6 is 15.9 Å². The van der Waals surface area contributed by atoms with E-state index in [0.29, 0.717) is 39.5 Å². The molecule has 0 spiro atoms. The van der Waals surface area contributed by atoms with E-state index in [1.807, 2.05) is 45.0 Å². The van der Waals surface area contributed by atoms with Crippen LogP contribution in [0, 0.1) is 0 Å². The van der Waals surface area contributed by atoms with Crippen molar-refractivity contribution in [1.82, 2.24) is 9.66 Å². The highest BCUT2D eigenvalue weighted by Crippen LogP contribution is 2.39. The summed E-state index contributed by atoms with van der Waals surface area (Å²) in [6.45, 7) is 8.13. The summed E-state index contributed by atoms with van der Waals surface area (Å²) in [4.78, 5) is 18.1. The van der Waals surface area contributed by atoms with Crippen LogP contribution in [-0.2, 0) is 0 Å². The predicted molar refractivity (Wildman–Crippen MR) is 135 cm³/mol. The van der Waals surface area contributed by atoms with Crippen LogP contribution in [0.4, 0.5) is 0 Å². The van der Waals surface area contributed by atoms with Crippen LogP contribution in [0.25, 0.3) is 10.9 Å². The topological polar surface area (TPSA) is 74.9 Å². The lowest BCUT2D eigenvalue weighted by molar-refractivity contribution is 0.198. The molecule has 3 rings (SSSR count). The van der Waals surface area contributed by atoms with Crippen molar-refractivity contribution in [2.75, 3.05) is 14.2 Å². The number of fused-ring (bicyclic) bond motifs is 1. The Labute approximate surface area is 202 Å². The van der Waals surface area contributed by atoms with Gasteiger partial charge in [0.15, 0.2) is 11.5 Å². The first-order valence-corrected chi connectivity index (χ1v) is 11.8. The van der Waals surface area contributed by atoms with Crippen molar-refractivity contribution in [3.05, 3.63) is 56.5 Å². The number of hydrogen-bond donors (Lipinski definition) is 0. The van der Waals surface area contributed by atoms with E-state index >= 15 is 0 Å². The first-order valence-electron chi connectivity index (χ1n) is 11.0. The summed E-state index contributed by atoms with van der Waals surface area (Å²) in [6, 6.07) is 9.10. The average Bonchev–Trinajstić information content (AvgIpc) is 2.83. The Balaban J connectivity index is 2.13. The summed E-state index contributed by atoms with van der Waals surface area (Å²) in [5.41, 5.74) is 1.14. The second-order valence-electron chi connectivity index (χ2n) is 7.89. The number of halogens is 1. The molecule has 1 heterocycles. The molecule has 0 fully saturated rings. The first-order chi connectivity index (χ1) is 15.8. The van der Waals surface area contributed by atoms with Gasteiger partial charge in [-0.1, -0.05) is 36.7 Å². The highest BCUT2D eigenvalue weighted by molar-refractivity contribution is 9.10. The first kappa shape index (κ1) is 24.8. The minimum Gasteiger partial charge on any atom is -0.493 e. The zero-order valence-corrected chi connectivity index (χ0v) is 21.5. The van der Waals surface area contributed by atoms with E-state index in [1.54, 1.807) is 26.5 Å². The SMILES string of the molecule is CC[C@@H](C)Oc1c(OC)cc(C=Nn2c([C@@H](C)CC)nc3ccc(Br)cc3c2=O)cc1OC. The van der Waals surface area contributed by atoms with Crippen molar-refractivity contribution in [3.8, 4) is 17.2 Å². The molecule has 3 aromatic rings. The van der Waals surface area contributed by atoms with Gasteiger partial charge in [0.05, 0.1) is 37.4 Å². The Morgan fingerprint density at radius 3 is 2.33 bits per heavy atom. The number of nitrogens with zero attached hydrogens (tertiary/aromatic N) is 3. The molecule has 1 aromatic heterocycles. The minimum atomic E-state index is -0.219. The fourth-order valence-corrected chi connectivity index (χ4v) is 3.64. The van der Waals surface area contributed by atoms with Gasteiger partial charge in [0.25, 0.3) is 5.56 Å². The maximum atomic E-state index is 13.3. The van der Waals surface area contributed by atoms with Crippen LogP contribution in [0.5, 0.6) is 17.2 Å². The van der Waals surface area contributed by atoms with Crippen LogP contribution in [0.2, 0.25) is 0 Å². The Morgan fingerprint density at radius 2 is 1.76 bits per heavy atom. The lowest BCUT2D eigenvalue weighted by atomic mass is 10.1. The molecule has 7 nitrogen and oxygen atoms in total. The van der Waals surface area contributed by atoms with Crippen molar-refractivity contribution in [1.29, 1.82) is 0 Å². The van der Waals surface area contributed by atoms with Crippen LogP contribution < -0.4 is 19.8 Å². The molecule has 8 heteroatoms. The van der Waals surface area contributed by atoms with Gasteiger partial charge < -0.3 is 14.2 Å². The summed E-state index contributed by atoms with van der Waals surface area (Å²) in [6.07, 6.45) is 3.29. The molecule has 0 aliphatic heterocycles. The number of aromatic nitrogens is 2. The zero-order chi connectivity index (χ0) is 24.1. The number of benzene rings is 2. The maximum absolute atomic E-state index is 13.3. The molecule has 0 unspecified atom stereocenters. The molecule has 0 bridgehead atoms. The number of methoxy groups -OCH3 is 2. The molecule has 0 saturated heterocycles. The summed E-state index contributed by atoms with van der Waals surface area (Å²) in [5, 5.41) is 5.03. The maximum Gasteiger partial charge on any atom is 0.282 e. The standard InChI is InChI=1S/C25H30BrN3O4/c1-7-15(3)24-28-20-10-9-18(26)13-19(20)25(30)29(24)27-14-17-11-21(31-5)23(22(12-17)32-6)33-16(4)8-2/h9-16H,7-8H2,1-6H3/t15-,16+/m0/s1. The van der Waals surface area contributed by atoms with Gasteiger partial charge in [0.1, 0.15) is 5.82 Å². The molecule has 0 amide bonds. The van der Waals surface area contributed by atoms with Crippen molar-refractivity contribution in [2.45, 2.75) is 52.6 Å². The molecule has 0 saturated carbocycles. The fraction of sp³-hybridized carbons (Fsp3) is 0.400. The summed E-state index contributed by atoms with van der Waals surface area (Å²) in [5.74, 6) is 2.28. The third-order valence-electron chi connectivity index (χ3n) is 5.59. The summed E-state index contributed by atoms with van der Waals surface area (Å²) < 4.78 is 19.3. The predicted octanol–water partition coefficient (Wildman–Crippen LogP) is 5.75. The summed E-state index contributed by atoms with van der Waals surface area (Å²) >= 11 is 3.43. The minimum absolute atomic E-state index is 0.00646.